The van der Waals surface area contributed by atoms with E-state index in [-0.39, 0.29) is 5.91 Å². The van der Waals surface area contributed by atoms with Crippen molar-refractivity contribution in [2.24, 2.45) is 0 Å². The van der Waals surface area contributed by atoms with Gasteiger partial charge in [0, 0.05) is 36.9 Å². The van der Waals surface area contributed by atoms with Crippen LogP contribution in [-0.2, 0) is 4.79 Å². The molecule has 0 aromatic heterocycles. The molecule has 1 heterocycles. The van der Waals surface area contributed by atoms with Gasteiger partial charge in [0.2, 0.25) is 5.91 Å². The predicted molar refractivity (Wildman–Crippen MR) is 116 cm³/mol. The maximum atomic E-state index is 12.3. The standard InChI is InChI=1S/C22H28ClN3O3/c1-28-20-8-6-19(7-9-20)26-12-3-11-25(13-14-26)17-22(27)24-10-15-29-21-5-2-4-18(23)16-21/h2,4-9,16H,3,10-15,17H2,1H3,(H,24,27). The maximum absolute atomic E-state index is 12.3. The summed E-state index contributed by atoms with van der Waals surface area (Å²) in [6.07, 6.45) is 1.02. The Morgan fingerprint density at radius 1 is 1.07 bits per heavy atom. The molecule has 7 heteroatoms. The number of anilines is 1. The largest absolute Gasteiger partial charge is 0.497 e. The molecule has 2 aromatic rings. The average Bonchev–Trinajstić information content (AvgIpc) is 2.97. The van der Waals surface area contributed by atoms with Crippen LogP contribution in [0, 0.1) is 0 Å². The summed E-state index contributed by atoms with van der Waals surface area (Å²) in [5.41, 5.74) is 1.19. The van der Waals surface area contributed by atoms with Crippen LogP contribution in [0.5, 0.6) is 11.5 Å². The SMILES string of the molecule is COc1ccc(N2CCCN(CC(=O)NCCOc3cccc(Cl)c3)CC2)cc1. The predicted octanol–water partition coefficient (Wildman–Crippen LogP) is 3.06. The third-order valence-electron chi connectivity index (χ3n) is 4.88. The first-order valence-electron chi connectivity index (χ1n) is 9.90. The fourth-order valence-electron chi connectivity index (χ4n) is 3.36. The van der Waals surface area contributed by atoms with Gasteiger partial charge in [0.1, 0.15) is 18.1 Å². The van der Waals surface area contributed by atoms with Crippen LogP contribution < -0.4 is 19.7 Å². The monoisotopic (exact) mass is 417 g/mol. The topological polar surface area (TPSA) is 54.0 Å². The molecular formula is C22H28ClN3O3. The van der Waals surface area contributed by atoms with Crippen molar-refractivity contribution >= 4 is 23.2 Å². The fourth-order valence-corrected chi connectivity index (χ4v) is 3.54. The van der Waals surface area contributed by atoms with Gasteiger partial charge in [-0.15, -0.1) is 0 Å². The number of rotatable bonds is 8. The minimum Gasteiger partial charge on any atom is -0.497 e. The number of hydrogen-bond donors (Lipinski definition) is 1. The molecule has 1 N–H and O–H groups in total. The van der Waals surface area contributed by atoms with Gasteiger partial charge >= 0.3 is 0 Å². The van der Waals surface area contributed by atoms with Crippen molar-refractivity contribution in [3.05, 3.63) is 53.6 Å². The molecule has 1 fully saturated rings. The first-order valence-corrected chi connectivity index (χ1v) is 10.3. The lowest BCUT2D eigenvalue weighted by Crippen LogP contribution is -2.40. The zero-order valence-corrected chi connectivity index (χ0v) is 17.5. The van der Waals surface area contributed by atoms with Crippen LogP contribution in [0.3, 0.4) is 0 Å². The summed E-state index contributed by atoms with van der Waals surface area (Å²) in [6.45, 7) is 4.95. The van der Waals surface area contributed by atoms with Crippen molar-refractivity contribution in [3.8, 4) is 11.5 Å². The summed E-state index contributed by atoms with van der Waals surface area (Å²) in [5.74, 6) is 1.59. The van der Waals surface area contributed by atoms with E-state index in [1.54, 1.807) is 19.2 Å². The molecule has 0 radical (unpaired) electrons. The maximum Gasteiger partial charge on any atom is 0.234 e. The molecular weight excluding hydrogens is 390 g/mol. The van der Waals surface area contributed by atoms with Gasteiger partial charge in [-0.05, 0) is 48.9 Å². The van der Waals surface area contributed by atoms with Gasteiger partial charge in [0.15, 0.2) is 0 Å². The van der Waals surface area contributed by atoms with Crippen molar-refractivity contribution in [2.75, 3.05) is 57.9 Å². The number of ether oxygens (including phenoxy) is 2. The van der Waals surface area contributed by atoms with Crippen LogP contribution in [0.2, 0.25) is 5.02 Å². The van der Waals surface area contributed by atoms with Crippen LogP contribution in [0.25, 0.3) is 0 Å². The number of amides is 1. The summed E-state index contributed by atoms with van der Waals surface area (Å²) in [4.78, 5) is 16.8. The van der Waals surface area contributed by atoms with Crippen LogP contribution in [0.15, 0.2) is 48.5 Å². The quantitative estimate of drug-likeness (QED) is 0.669. The van der Waals surface area contributed by atoms with E-state index in [0.29, 0.717) is 30.5 Å². The van der Waals surface area contributed by atoms with E-state index in [9.17, 15) is 4.79 Å². The number of halogens is 1. The lowest BCUT2D eigenvalue weighted by Gasteiger charge is -2.23. The van der Waals surface area contributed by atoms with Crippen LogP contribution >= 0.6 is 11.6 Å². The molecule has 1 amide bonds. The molecule has 1 aliphatic heterocycles. The third kappa shape index (κ3) is 6.84. The zero-order chi connectivity index (χ0) is 20.5. The highest BCUT2D eigenvalue weighted by atomic mass is 35.5. The highest BCUT2D eigenvalue weighted by Gasteiger charge is 2.17. The van der Waals surface area contributed by atoms with E-state index in [1.807, 2.05) is 24.3 Å². The molecule has 29 heavy (non-hydrogen) atoms. The summed E-state index contributed by atoms with van der Waals surface area (Å²) in [6, 6.07) is 15.4. The Morgan fingerprint density at radius 3 is 2.66 bits per heavy atom. The van der Waals surface area contributed by atoms with Crippen molar-refractivity contribution in [1.29, 1.82) is 0 Å². The Bertz CT molecular complexity index is 785. The van der Waals surface area contributed by atoms with Gasteiger partial charge < -0.3 is 19.7 Å². The molecule has 6 nitrogen and oxygen atoms in total. The van der Waals surface area contributed by atoms with Crippen LogP contribution in [0.4, 0.5) is 5.69 Å². The molecule has 0 saturated carbocycles. The van der Waals surface area contributed by atoms with Crippen molar-refractivity contribution in [1.82, 2.24) is 10.2 Å². The van der Waals surface area contributed by atoms with Gasteiger partial charge in [-0.25, -0.2) is 0 Å². The average molecular weight is 418 g/mol. The van der Waals surface area contributed by atoms with E-state index in [1.165, 1.54) is 5.69 Å². The van der Waals surface area contributed by atoms with E-state index in [4.69, 9.17) is 21.1 Å². The minimum absolute atomic E-state index is 0.0255. The van der Waals surface area contributed by atoms with E-state index in [0.717, 1.165) is 38.3 Å². The van der Waals surface area contributed by atoms with Gasteiger partial charge in [-0.3, -0.25) is 9.69 Å². The van der Waals surface area contributed by atoms with Crippen molar-refractivity contribution in [2.45, 2.75) is 6.42 Å². The Morgan fingerprint density at radius 2 is 1.90 bits per heavy atom. The Balaban J connectivity index is 1.37. The molecule has 156 valence electrons. The molecule has 0 bridgehead atoms. The first-order chi connectivity index (χ1) is 14.1. The summed E-state index contributed by atoms with van der Waals surface area (Å²) >= 11 is 5.93. The lowest BCUT2D eigenvalue weighted by molar-refractivity contribution is -0.122. The number of carbonyl (C=O) groups excluding carboxylic acids is 1. The number of nitrogens with zero attached hydrogens (tertiary/aromatic N) is 2. The lowest BCUT2D eigenvalue weighted by atomic mass is 10.2. The molecule has 3 rings (SSSR count). The second-order valence-corrected chi connectivity index (χ2v) is 7.41. The number of methoxy groups -OCH3 is 1. The summed E-state index contributed by atoms with van der Waals surface area (Å²) in [7, 11) is 1.67. The molecule has 1 aliphatic rings. The second kappa shape index (κ2) is 10.9. The zero-order valence-electron chi connectivity index (χ0n) is 16.8. The normalized spacial score (nSPS) is 14.9. The minimum atomic E-state index is 0.0255. The fraction of sp³-hybridized carbons (Fsp3) is 0.409. The summed E-state index contributed by atoms with van der Waals surface area (Å²) < 4.78 is 10.8. The molecule has 1 saturated heterocycles. The highest BCUT2D eigenvalue weighted by Crippen LogP contribution is 2.20. The third-order valence-corrected chi connectivity index (χ3v) is 5.12. The molecule has 0 aliphatic carbocycles. The number of hydrogen-bond acceptors (Lipinski definition) is 5. The van der Waals surface area contributed by atoms with Crippen LogP contribution in [0.1, 0.15) is 6.42 Å². The summed E-state index contributed by atoms with van der Waals surface area (Å²) in [5, 5.41) is 3.56. The van der Waals surface area contributed by atoms with E-state index in [2.05, 4.69) is 27.2 Å². The van der Waals surface area contributed by atoms with E-state index < -0.39 is 0 Å². The molecule has 2 aromatic carbocycles. The Kier molecular flexibility index (Phi) is 8.02. The van der Waals surface area contributed by atoms with Crippen LogP contribution in [-0.4, -0.2) is 63.8 Å². The second-order valence-electron chi connectivity index (χ2n) is 6.97. The van der Waals surface area contributed by atoms with Gasteiger partial charge in [0.25, 0.3) is 0 Å². The van der Waals surface area contributed by atoms with Crippen molar-refractivity contribution in [3.63, 3.8) is 0 Å². The number of nitrogens with one attached hydrogen (secondary N) is 1. The Labute approximate surface area is 177 Å². The number of benzene rings is 2. The first kappa shape index (κ1) is 21.3. The molecule has 0 unspecified atom stereocenters. The van der Waals surface area contributed by atoms with Crippen molar-refractivity contribution < 1.29 is 14.3 Å². The highest BCUT2D eigenvalue weighted by molar-refractivity contribution is 6.30. The van der Waals surface area contributed by atoms with Gasteiger partial charge in [-0.1, -0.05) is 17.7 Å². The van der Waals surface area contributed by atoms with Gasteiger partial charge in [-0.2, -0.15) is 0 Å². The molecule has 0 spiro atoms. The molecule has 0 atom stereocenters. The Hall–Kier alpha value is -2.44. The van der Waals surface area contributed by atoms with E-state index >= 15 is 0 Å². The number of carbonyl (C=O) groups is 1. The smallest absolute Gasteiger partial charge is 0.234 e. The van der Waals surface area contributed by atoms with Gasteiger partial charge in [0.05, 0.1) is 20.2 Å².